The Morgan fingerprint density at radius 3 is 2.50 bits per heavy atom. The van der Waals surface area contributed by atoms with Gasteiger partial charge >= 0.3 is 5.97 Å². The average Bonchev–Trinajstić information content (AvgIpc) is 2.74. The topological polar surface area (TPSA) is 29.5 Å². The van der Waals surface area contributed by atoms with Gasteiger partial charge in [-0.15, -0.1) is 0 Å². The third-order valence-electron chi connectivity index (χ3n) is 6.50. The normalized spacial score (nSPS) is 20.2. The largest absolute Gasteiger partial charge is 0.469 e. The summed E-state index contributed by atoms with van der Waals surface area (Å²) in [6, 6.07) is 19.4. The predicted molar refractivity (Wildman–Crippen MR) is 114 cm³/mol. The van der Waals surface area contributed by atoms with E-state index in [1.807, 2.05) is 0 Å². The van der Waals surface area contributed by atoms with E-state index in [0.29, 0.717) is 0 Å². The molecule has 0 amide bonds. The van der Waals surface area contributed by atoms with Gasteiger partial charge < -0.3 is 4.74 Å². The van der Waals surface area contributed by atoms with Crippen LogP contribution in [0.15, 0.2) is 54.6 Å². The zero-order valence-electron chi connectivity index (χ0n) is 17.7. The Kier molecular flexibility index (Phi) is 6.56. The molecule has 1 saturated carbocycles. The quantitative estimate of drug-likeness (QED) is 0.621. The van der Waals surface area contributed by atoms with Crippen LogP contribution < -0.4 is 0 Å². The SMILES string of the molecule is COC(=O)[C@H]1CCCC[C@H]1c1cccc(CN(C)C(C)(C)c2ccccc2)c1. The van der Waals surface area contributed by atoms with Crippen LogP contribution in [0.5, 0.6) is 0 Å². The minimum absolute atomic E-state index is 0.00695. The second-order valence-electron chi connectivity index (χ2n) is 8.55. The van der Waals surface area contributed by atoms with Gasteiger partial charge in [-0.1, -0.05) is 67.4 Å². The number of esters is 1. The second kappa shape index (κ2) is 8.91. The van der Waals surface area contributed by atoms with E-state index >= 15 is 0 Å². The molecule has 0 bridgehead atoms. The van der Waals surface area contributed by atoms with Crippen molar-refractivity contribution in [2.45, 2.75) is 57.5 Å². The molecule has 2 aromatic carbocycles. The van der Waals surface area contributed by atoms with Gasteiger partial charge in [-0.3, -0.25) is 9.69 Å². The molecule has 0 N–H and O–H groups in total. The van der Waals surface area contributed by atoms with Crippen molar-refractivity contribution in [3.63, 3.8) is 0 Å². The fraction of sp³-hybridized carbons (Fsp3) is 0.480. The summed E-state index contributed by atoms with van der Waals surface area (Å²) in [5.41, 5.74) is 3.82. The van der Waals surface area contributed by atoms with Crippen molar-refractivity contribution in [2.75, 3.05) is 14.2 Å². The molecule has 3 heteroatoms. The lowest BCUT2D eigenvalue weighted by atomic mass is 9.75. The minimum Gasteiger partial charge on any atom is -0.469 e. The summed E-state index contributed by atoms with van der Waals surface area (Å²) < 4.78 is 5.08. The number of benzene rings is 2. The van der Waals surface area contributed by atoms with Crippen molar-refractivity contribution in [2.24, 2.45) is 5.92 Å². The van der Waals surface area contributed by atoms with Crippen molar-refractivity contribution in [3.05, 3.63) is 71.3 Å². The first-order valence-electron chi connectivity index (χ1n) is 10.4. The van der Waals surface area contributed by atoms with E-state index in [2.05, 4.69) is 80.4 Å². The van der Waals surface area contributed by atoms with Gasteiger partial charge in [-0.2, -0.15) is 0 Å². The highest BCUT2D eigenvalue weighted by Gasteiger charge is 2.33. The van der Waals surface area contributed by atoms with E-state index in [4.69, 9.17) is 4.74 Å². The van der Waals surface area contributed by atoms with E-state index < -0.39 is 0 Å². The lowest BCUT2D eigenvalue weighted by Gasteiger charge is -2.36. The maximum Gasteiger partial charge on any atom is 0.309 e. The van der Waals surface area contributed by atoms with Crippen LogP contribution in [0.2, 0.25) is 0 Å². The molecule has 28 heavy (non-hydrogen) atoms. The van der Waals surface area contributed by atoms with Gasteiger partial charge in [0.1, 0.15) is 0 Å². The van der Waals surface area contributed by atoms with E-state index in [1.165, 1.54) is 30.2 Å². The van der Waals surface area contributed by atoms with Gasteiger partial charge in [0, 0.05) is 12.1 Å². The highest BCUT2D eigenvalue weighted by molar-refractivity contribution is 5.73. The maximum absolute atomic E-state index is 12.3. The second-order valence-corrected chi connectivity index (χ2v) is 8.55. The highest BCUT2D eigenvalue weighted by Crippen LogP contribution is 2.39. The summed E-state index contributed by atoms with van der Waals surface area (Å²) >= 11 is 0. The molecule has 3 rings (SSSR count). The molecule has 1 aliphatic rings. The standard InChI is InChI=1S/C25H33NO2/c1-25(2,21-13-6-5-7-14-21)26(3)18-19-11-10-12-20(17-19)22-15-8-9-16-23(22)24(27)28-4/h5-7,10-14,17,22-23H,8-9,15-16,18H2,1-4H3/t22-,23-/m0/s1. The first-order valence-corrected chi connectivity index (χ1v) is 10.4. The number of methoxy groups -OCH3 is 1. The van der Waals surface area contributed by atoms with Crippen LogP contribution in [0.25, 0.3) is 0 Å². The van der Waals surface area contributed by atoms with Crippen LogP contribution in [-0.2, 0) is 21.6 Å². The summed E-state index contributed by atoms with van der Waals surface area (Å²) in [6.07, 6.45) is 4.30. The highest BCUT2D eigenvalue weighted by atomic mass is 16.5. The third kappa shape index (κ3) is 4.47. The molecule has 2 aromatic rings. The molecule has 0 spiro atoms. The molecule has 1 aliphatic carbocycles. The lowest BCUT2D eigenvalue weighted by Crippen LogP contribution is -2.38. The van der Waals surface area contributed by atoms with Crippen molar-refractivity contribution in [3.8, 4) is 0 Å². The number of carbonyl (C=O) groups excluding carboxylic acids is 1. The predicted octanol–water partition coefficient (Wildman–Crippen LogP) is 5.50. The molecular weight excluding hydrogens is 346 g/mol. The fourth-order valence-corrected chi connectivity index (χ4v) is 4.42. The Bertz CT molecular complexity index is 784. The molecule has 0 aromatic heterocycles. The van der Waals surface area contributed by atoms with Gasteiger partial charge in [0.05, 0.1) is 13.0 Å². The van der Waals surface area contributed by atoms with Crippen molar-refractivity contribution in [1.82, 2.24) is 4.90 Å². The summed E-state index contributed by atoms with van der Waals surface area (Å²) in [5, 5.41) is 0. The number of ether oxygens (including phenoxy) is 1. The molecule has 0 radical (unpaired) electrons. The van der Waals surface area contributed by atoms with Gasteiger partial charge in [-0.05, 0) is 56.3 Å². The van der Waals surface area contributed by atoms with Gasteiger partial charge in [0.25, 0.3) is 0 Å². The van der Waals surface area contributed by atoms with Crippen LogP contribution in [0.1, 0.15) is 62.1 Å². The van der Waals surface area contributed by atoms with Crippen LogP contribution in [0, 0.1) is 5.92 Å². The smallest absolute Gasteiger partial charge is 0.309 e. The minimum atomic E-state index is -0.0589. The first kappa shape index (κ1) is 20.6. The zero-order valence-corrected chi connectivity index (χ0v) is 17.7. The number of rotatable bonds is 6. The monoisotopic (exact) mass is 379 g/mol. The Labute approximate surface area is 169 Å². The third-order valence-corrected chi connectivity index (χ3v) is 6.50. The molecule has 0 saturated heterocycles. The van der Waals surface area contributed by atoms with Gasteiger partial charge in [0.2, 0.25) is 0 Å². The molecule has 2 atom stereocenters. The molecule has 0 unspecified atom stereocenters. The first-order chi connectivity index (χ1) is 13.4. The molecule has 0 aliphatic heterocycles. The van der Waals surface area contributed by atoms with Crippen molar-refractivity contribution < 1.29 is 9.53 Å². The Balaban J connectivity index is 1.78. The summed E-state index contributed by atoms with van der Waals surface area (Å²) in [6.45, 7) is 5.40. The summed E-state index contributed by atoms with van der Waals surface area (Å²) in [5.74, 6) is 0.207. The van der Waals surface area contributed by atoms with Crippen LogP contribution >= 0.6 is 0 Å². The van der Waals surface area contributed by atoms with Gasteiger partial charge in [0.15, 0.2) is 0 Å². The molecular formula is C25H33NO2. The van der Waals surface area contributed by atoms with E-state index in [1.54, 1.807) is 0 Å². The fourth-order valence-electron chi connectivity index (χ4n) is 4.42. The van der Waals surface area contributed by atoms with Crippen LogP contribution in [0.3, 0.4) is 0 Å². The maximum atomic E-state index is 12.3. The van der Waals surface area contributed by atoms with Crippen LogP contribution in [-0.4, -0.2) is 25.0 Å². The molecule has 3 nitrogen and oxygen atoms in total. The van der Waals surface area contributed by atoms with E-state index in [-0.39, 0.29) is 23.3 Å². The Morgan fingerprint density at radius 1 is 1.07 bits per heavy atom. The number of nitrogens with zero attached hydrogens (tertiary/aromatic N) is 1. The van der Waals surface area contributed by atoms with E-state index in [0.717, 1.165) is 25.8 Å². The zero-order chi connectivity index (χ0) is 20.1. The van der Waals surface area contributed by atoms with Gasteiger partial charge in [-0.25, -0.2) is 0 Å². The van der Waals surface area contributed by atoms with E-state index in [9.17, 15) is 4.79 Å². The molecule has 150 valence electrons. The van der Waals surface area contributed by atoms with Crippen molar-refractivity contribution in [1.29, 1.82) is 0 Å². The number of carbonyl (C=O) groups is 1. The Morgan fingerprint density at radius 2 is 1.79 bits per heavy atom. The van der Waals surface area contributed by atoms with Crippen molar-refractivity contribution >= 4 is 5.97 Å². The average molecular weight is 380 g/mol. The summed E-state index contributed by atoms with van der Waals surface area (Å²) in [4.78, 5) is 14.7. The van der Waals surface area contributed by atoms with Crippen LogP contribution in [0.4, 0.5) is 0 Å². The lowest BCUT2D eigenvalue weighted by molar-refractivity contribution is -0.147. The molecule has 1 fully saturated rings. The Hall–Kier alpha value is -2.13. The number of hydrogen-bond acceptors (Lipinski definition) is 3. The summed E-state index contributed by atoms with van der Waals surface area (Å²) in [7, 11) is 3.68. The number of hydrogen-bond donors (Lipinski definition) is 0. The molecule has 0 heterocycles.